The van der Waals surface area contributed by atoms with Crippen LogP contribution in [0.25, 0.3) is 0 Å². The molecule has 84 valence electrons. The summed E-state index contributed by atoms with van der Waals surface area (Å²) in [4.78, 5) is 11.2. The number of hydrogen-bond donors (Lipinski definition) is 0. The lowest BCUT2D eigenvalue weighted by molar-refractivity contribution is -0.118. The number of carbonyl (C=O) groups is 1. The molecule has 1 nitrogen and oxygen atoms in total. The molecular weight excluding hydrogens is 184 g/mol. The number of fused-ring (bicyclic) bond motifs is 2. The Bertz CT molecular complexity index is 302. The first-order valence-electron chi connectivity index (χ1n) is 6.16. The van der Waals surface area contributed by atoms with Crippen LogP contribution in [0.5, 0.6) is 0 Å². The summed E-state index contributed by atoms with van der Waals surface area (Å²) in [5.41, 5.74) is 2.08. The predicted molar refractivity (Wildman–Crippen MR) is 62.6 cm³/mol. The lowest BCUT2D eigenvalue weighted by Gasteiger charge is -2.46. The minimum Gasteiger partial charge on any atom is -0.300 e. The Hall–Kier alpha value is -0.590. The summed E-state index contributed by atoms with van der Waals surface area (Å²) in [5.74, 6) is 1.69. The summed E-state index contributed by atoms with van der Waals surface area (Å²) >= 11 is 0. The fourth-order valence-electron chi connectivity index (χ4n) is 3.43. The van der Waals surface area contributed by atoms with Crippen molar-refractivity contribution in [1.29, 1.82) is 0 Å². The van der Waals surface area contributed by atoms with Crippen LogP contribution < -0.4 is 0 Å². The Morgan fingerprint density at radius 3 is 3.00 bits per heavy atom. The second-order valence-electron chi connectivity index (χ2n) is 5.98. The summed E-state index contributed by atoms with van der Waals surface area (Å²) < 4.78 is 0. The van der Waals surface area contributed by atoms with Crippen LogP contribution >= 0.6 is 0 Å². The van der Waals surface area contributed by atoms with Crippen LogP contribution in [-0.4, -0.2) is 5.78 Å². The van der Waals surface area contributed by atoms with Crippen molar-refractivity contribution in [3.8, 4) is 0 Å². The van der Waals surface area contributed by atoms with Crippen LogP contribution in [0, 0.1) is 17.3 Å². The highest BCUT2D eigenvalue weighted by atomic mass is 16.1. The van der Waals surface area contributed by atoms with Gasteiger partial charge in [0.15, 0.2) is 0 Å². The Balaban J connectivity index is 2.15. The second kappa shape index (κ2) is 3.77. The lowest BCUT2D eigenvalue weighted by Crippen LogP contribution is -2.35. The molecule has 0 aromatic heterocycles. The molecule has 0 aromatic rings. The highest BCUT2D eigenvalue weighted by Crippen LogP contribution is 2.51. The highest BCUT2D eigenvalue weighted by Gasteiger charge is 2.40. The van der Waals surface area contributed by atoms with Gasteiger partial charge in [0.25, 0.3) is 0 Å². The molecule has 0 heterocycles. The highest BCUT2D eigenvalue weighted by molar-refractivity contribution is 5.75. The van der Waals surface area contributed by atoms with Crippen molar-refractivity contribution in [2.45, 2.75) is 52.9 Å². The molecule has 1 saturated carbocycles. The third-order valence-corrected chi connectivity index (χ3v) is 4.45. The first kappa shape index (κ1) is 10.9. The zero-order valence-electron chi connectivity index (χ0n) is 10.2. The van der Waals surface area contributed by atoms with E-state index in [1.165, 1.54) is 25.7 Å². The molecule has 2 aliphatic rings. The number of hydrogen-bond acceptors (Lipinski definition) is 1. The molecule has 0 amide bonds. The molecule has 0 radical (unpaired) electrons. The van der Waals surface area contributed by atoms with E-state index >= 15 is 0 Å². The van der Waals surface area contributed by atoms with Gasteiger partial charge in [-0.1, -0.05) is 18.6 Å². The van der Waals surface area contributed by atoms with Gasteiger partial charge in [0.2, 0.25) is 0 Å². The average Bonchev–Trinajstić information content (AvgIpc) is 2.16. The summed E-state index contributed by atoms with van der Waals surface area (Å²) in [6.45, 7) is 6.39. The molecular formula is C14H22O. The quantitative estimate of drug-likeness (QED) is 0.629. The first-order valence-corrected chi connectivity index (χ1v) is 6.16. The number of rotatable bonds is 2. The molecule has 0 saturated heterocycles. The average molecular weight is 206 g/mol. The molecule has 0 spiro atoms. The maximum absolute atomic E-state index is 11.2. The van der Waals surface area contributed by atoms with Gasteiger partial charge in [0.1, 0.15) is 5.78 Å². The second-order valence-corrected chi connectivity index (χ2v) is 5.98. The Morgan fingerprint density at radius 1 is 1.60 bits per heavy atom. The van der Waals surface area contributed by atoms with E-state index in [0.29, 0.717) is 23.0 Å². The van der Waals surface area contributed by atoms with Crippen molar-refractivity contribution in [3.05, 3.63) is 11.6 Å². The van der Waals surface area contributed by atoms with Crippen LogP contribution in [0.4, 0.5) is 0 Å². The Labute approximate surface area is 92.9 Å². The van der Waals surface area contributed by atoms with Crippen molar-refractivity contribution < 1.29 is 4.79 Å². The molecule has 2 rings (SSSR count). The van der Waals surface area contributed by atoms with Crippen molar-refractivity contribution in [3.63, 3.8) is 0 Å². The van der Waals surface area contributed by atoms with E-state index in [-0.39, 0.29) is 0 Å². The van der Waals surface area contributed by atoms with E-state index in [0.717, 1.165) is 6.42 Å². The SMILES string of the molecule is CC(=O)CC1CCC2(C)CC=C(C)C1C2. The first-order chi connectivity index (χ1) is 7.00. The van der Waals surface area contributed by atoms with E-state index in [2.05, 4.69) is 19.9 Å². The third-order valence-electron chi connectivity index (χ3n) is 4.45. The largest absolute Gasteiger partial charge is 0.300 e. The van der Waals surface area contributed by atoms with Crippen LogP contribution in [0.3, 0.4) is 0 Å². The van der Waals surface area contributed by atoms with Gasteiger partial charge < -0.3 is 4.79 Å². The fourth-order valence-corrected chi connectivity index (χ4v) is 3.43. The summed E-state index contributed by atoms with van der Waals surface area (Å²) in [7, 11) is 0. The van der Waals surface area contributed by atoms with E-state index in [1.807, 2.05) is 0 Å². The van der Waals surface area contributed by atoms with E-state index in [1.54, 1.807) is 12.5 Å². The molecule has 2 aliphatic carbocycles. The van der Waals surface area contributed by atoms with Crippen molar-refractivity contribution >= 4 is 5.78 Å². The standard InChI is InChI=1S/C14H22O/c1-10-4-6-14(3)7-5-12(8-11(2)15)13(10)9-14/h4,12-13H,5-9H2,1-3H3. The smallest absolute Gasteiger partial charge is 0.130 e. The van der Waals surface area contributed by atoms with Crippen molar-refractivity contribution in [2.24, 2.45) is 17.3 Å². The minimum atomic E-state index is 0.363. The lowest BCUT2D eigenvalue weighted by atomic mass is 9.59. The molecule has 3 atom stereocenters. The van der Waals surface area contributed by atoms with Crippen molar-refractivity contribution in [2.75, 3.05) is 0 Å². The summed E-state index contributed by atoms with van der Waals surface area (Å²) in [5, 5.41) is 0. The summed E-state index contributed by atoms with van der Waals surface area (Å²) in [6, 6.07) is 0. The third kappa shape index (κ3) is 2.16. The van der Waals surface area contributed by atoms with Gasteiger partial charge in [-0.2, -0.15) is 0 Å². The zero-order valence-corrected chi connectivity index (χ0v) is 10.2. The van der Waals surface area contributed by atoms with Crippen LogP contribution in [0.1, 0.15) is 52.9 Å². The molecule has 1 heteroatoms. The Kier molecular flexibility index (Phi) is 2.74. The van der Waals surface area contributed by atoms with E-state index < -0.39 is 0 Å². The van der Waals surface area contributed by atoms with Gasteiger partial charge in [0.05, 0.1) is 0 Å². The van der Waals surface area contributed by atoms with Gasteiger partial charge >= 0.3 is 0 Å². The number of carbonyl (C=O) groups excluding carboxylic acids is 1. The molecule has 2 bridgehead atoms. The molecule has 0 aromatic carbocycles. The normalized spacial score (nSPS) is 39.8. The van der Waals surface area contributed by atoms with E-state index in [9.17, 15) is 4.79 Å². The van der Waals surface area contributed by atoms with Crippen molar-refractivity contribution in [1.82, 2.24) is 0 Å². The van der Waals surface area contributed by atoms with Gasteiger partial charge in [-0.3, -0.25) is 0 Å². The molecule has 1 fully saturated rings. The van der Waals surface area contributed by atoms with Gasteiger partial charge in [-0.15, -0.1) is 0 Å². The number of Topliss-reactive ketones (excluding diaryl/α,β-unsaturated/α-hetero) is 1. The van der Waals surface area contributed by atoms with Crippen LogP contribution in [0.15, 0.2) is 11.6 Å². The maximum atomic E-state index is 11.2. The number of allylic oxidation sites excluding steroid dienone is 2. The topological polar surface area (TPSA) is 17.1 Å². The Morgan fingerprint density at radius 2 is 2.33 bits per heavy atom. The monoisotopic (exact) mass is 206 g/mol. The number of ketones is 1. The minimum absolute atomic E-state index is 0.363. The predicted octanol–water partition coefficient (Wildman–Crippen LogP) is 3.74. The van der Waals surface area contributed by atoms with Crippen LogP contribution in [-0.2, 0) is 4.79 Å². The fraction of sp³-hybridized carbons (Fsp3) is 0.786. The molecule has 0 aliphatic heterocycles. The molecule has 3 unspecified atom stereocenters. The zero-order chi connectivity index (χ0) is 11.1. The van der Waals surface area contributed by atoms with Gasteiger partial charge in [-0.05, 0) is 56.8 Å². The van der Waals surface area contributed by atoms with E-state index in [4.69, 9.17) is 0 Å². The summed E-state index contributed by atoms with van der Waals surface area (Å²) in [6.07, 6.45) is 8.35. The molecule has 0 N–H and O–H groups in total. The maximum Gasteiger partial charge on any atom is 0.130 e. The molecule has 15 heavy (non-hydrogen) atoms. The van der Waals surface area contributed by atoms with Crippen LogP contribution in [0.2, 0.25) is 0 Å². The van der Waals surface area contributed by atoms with Gasteiger partial charge in [0, 0.05) is 6.42 Å². The van der Waals surface area contributed by atoms with Gasteiger partial charge in [-0.25, -0.2) is 0 Å².